The number of rotatable bonds is 2. The SMILES string of the molecule is Clc1cccc(Cl)c1Cc1ncc2c(n1)CNC2. The molecular weight excluding hydrogens is 269 g/mol. The fraction of sp³-hybridized carbons (Fsp3) is 0.231. The van der Waals surface area contributed by atoms with Crippen molar-refractivity contribution in [3.05, 3.63) is 57.1 Å². The average Bonchev–Trinajstić information content (AvgIpc) is 2.81. The Kier molecular flexibility index (Phi) is 3.20. The number of benzene rings is 1. The molecule has 0 saturated carbocycles. The van der Waals surface area contributed by atoms with E-state index in [9.17, 15) is 0 Å². The fourth-order valence-electron chi connectivity index (χ4n) is 2.04. The molecule has 0 aliphatic carbocycles. The summed E-state index contributed by atoms with van der Waals surface area (Å²) >= 11 is 12.3. The van der Waals surface area contributed by atoms with Crippen molar-refractivity contribution in [2.45, 2.75) is 19.5 Å². The molecule has 3 rings (SSSR count). The third-order valence-electron chi connectivity index (χ3n) is 3.01. The van der Waals surface area contributed by atoms with Gasteiger partial charge in [-0.15, -0.1) is 0 Å². The molecule has 1 aliphatic heterocycles. The minimum Gasteiger partial charge on any atom is -0.307 e. The van der Waals surface area contributed by atoms with Crippen LogP contribution in [-0.4, -0.2) is 9.97 Å². The van der Waals surface area contributed by atoms with E-state index in [2.05, 4.69) is 15.3 Å². The van der Waals surface area contributed by atoms with Crippen LogP contribution in [0.1, 0.15) is 22.6 Å². The van der Waals surface area contributed by atoms with E-state index in [1.54, 1.807) is 0 Å². The minimum atomic E-state index is 0.561. The summed E-state index contributed by atoms with van der Waals surface area (Å²) in [6, 6.07) is 5.50. The highest BCUT2D eigenvalue weighted by Gasteiger charge is 2.14. The summed E-state index contributed by atoms with van der Waals surface area (Å²) in [5.74, 6) is 0.757. The highest BCUT2D eigenvalue weighted by molar-refractivity contribution is 6.36. The van der Waals surface area contributed by atoms with Crippen molar-refractivity contribution in [2.24, 2.45) is 0 Å². The average molecular weight is 280 g/mol. The lowest BCUT2D eigenvalue weighted by molar-refractivity contribution is 0.756. The van der Waals surface area contributed by atoms with Gasteiger partial charge in [-0.2, -0.15) is 0 Å². The molecule has 5 heteroatoms. The molecule has 0 fully saturated rings. The summed E-state index contributed by atoms with van der Waals surface area (Å²) in [7, 11) is 0. The molecule has 0 saturated heterocycles. The van der Waals surface area contributed by atoms with E-state index in [4.69, 9.17) is 23.2 Å². The van der Waals surface area contributed by atoms with Crippen LogP contribution in [0.4, 0.5) is 0 Å². The first-order valence-corrected chi connectivity index (χ1v) is 6.47. The van der Waals surface area contributed by atoms with E-state index < -0.39 is 0 Å². The summed E-state index contributed by atoms with van der Waals surface area (Å²) in [6.45, 7) is 1.66. The summed E-state index contributed by atoms with van der Waals surface area (Å²) in [5.41, 5.74) is 3.12. The van der Waals surface area contributed by atoms with Crippen molar-refractivity contribution in [3.8, 4) is 0 Å². The van der Waals surface area contributed by atoms with Gasteiger partial charge in [0.15, 0.2) is 0 Å². The molecule has 1 aromatic carbocycles. The van der Waals surface area contributed by atoms with E-state index in [0.29, 0.717) is 16.5 Å². The Labute approximate surface area is 115 Å². The Morgan fingerprint density at radius 3 is 2.72 bits per heavy atom. The van der Waals surface area contributed by atoms with Gasteiger partial charge in [-0.3, -0.25) is 0 Å². The van der Waals surface area contributed by atoms with Crippen LogP contribution in [0, 0.1) is 0 Å². The zero-order chi connectivity index (χ0) is 12.5. The molecule has 0 unspecified atom stereocenters. The predicted molar refractivity (Wildman–Crippen MR) is 71.8 cm³/mol. The Morgan fingerprint density at radius 2 is 1.94 bits per heavy atom. The highest BCUT2D eigenvalue weighted by Crippen LogP contribution is 2.26. The zero-order valence-electron chi connectivity index (χ0n) is 9.58. The maximum atomic E-state index is 6.14. The molecule has 2 aromatic rings. The van der Waals surface area contributed by atoms with Crippen molar-refractivity contribution >= 4 is 23.2 Å². The highest BCUT2D eigenvalue weighted by atomic mass is 35.5. The number of aromatic nitrogens is 2. The summed E-state index contributed by atoms with van der Waals surface area (Å²) in [6.07, 6.45) is 2.44. The molecule has 3 nitrogen and oxygen atoms in total. The molecule has 0 radical (unpaired) electrons. The lowest BCUT2D eigenvalue weighted by Gasteiger charge is -2.06. The monoisotopic (exact) mass is 279 g/mol. The van der Waals surface area contributed by atoms with Crippen molar-refractivity contribution in [1.82, 2.24) is 15.3 Å². The van der Waals surface area contributed by atoms with E-state index >= 15 is 0 Å². The molecule has 0 atom stereocenters. The second-order valence-electron chi connectivity index (χ2n) is 4.24. The topological polar surface area (TPSA) is 37.8 Å². The number of nitrogens with zero attached hydrogens (tertiary/aromatic N) is 2. The maximum Gasteiger partial charge on any atom is 0.133 e. The third kappa shape index (κ3) is 2.21. The van der Waals surface area contributed by atoms with Crippen LogP contribution < -0.4 is 5.32 Å². The van der Waals surface area contributed by atoms with E-state index in [1.165, 1.54) is 5.56 Å². The molecule has 18 heavy (non-hydrogen) atoms. The van der Waals surface area contributed by atoms with Crippen LogP contribution >= 0.6 is 23.2 Å². The van der Waals surface area contributed by atoms with Crippen molar-refractivity contribution < 1.29 is 0 Å². The molecule has 1 N–H and O–H groups in total. The third-order valence-corrected chi connectivity index (χ3v) is 3.72. The summed E-state index contributed by atoms with van der Waals surface area (Å²) in [5, 5.41) is 4.56. The van der Waals surface area contributed by atoms with Crippen molar-refractivity contribution in [1.29, 1.82) is 0 Å². The van der Waals surface area contributed by atoms with Gasteiger partial charge >= 0.3 is 0 Å². The first-order chi connectivity index (χ1) is 8.74. The van der Waals surface area contributed by atoms with Crippen LogP contribution in [0.5, 0.6) is 0 Å². The van der Waals surface area contributed by atoms with Gasteiger partial charge in [0, 0.05) is 41.3 Å². The normalized spacial score (nSPS) is 13.7. The van der Waals surface area contributed by atoms with Gasteiger partial charge in [-0.1, -0.05) is 29.3 Å². The van der Waals surface area contributed by atoms with Gasteiger partial charge in [0.25, 0.3) is 0 Å². The first kappa shape index (κ1) is 11.9. The number of halogens is 2. The molecule has 0 bridgehead atoms. The molecule has 0 amide bonds. The molecule has 2 heterocycles. The van der Waals surface area contributed by atoms with Crippen LogP contribution in [0.25, 0.3) is 0 Å². The molecule has 92 valence electrons. The zero-order valence-corrected chi connectivity index (χ0v) is 11.1. The van der Waals surface area contributed by atoms with Crippen LogP contribution in [0.15, 0.2) is 24.4 Å². The molecule has 1 aromatic heterocycles. The number of fused-ring (bicyclic) bond motifs is 1. The van der Waals surface area contributed by atoms with Gasteiger partial charge in [-0.05, 0) is 17.7 Å². The van der Waals surface area contributed by atoms with Gasteiger partial charge < -0.3 is 5.32 Å². The summed E-state index contributed by atoms with van der Waals surface area (Å²) < 4.78 is 0. The van der Waals surface area contributed by atoms with Crippen LogP contribution in [0.2, 0.25) is 10.0 Å². The van der Waals surface area contributed by atoms with E-state index in [-0.39, 0.29) is 0 Å². The number of nitrogens with one attached hydrogen (secondary N) is 1. The minimum absolute atomic E-state index is 0.561. The first-order valence-electron chi connectivity index (χ1n) is 5.71. The van der Waals surface area contributed by atoms with Gasteiger partial charge in [-0.25, -0.2) is 9.97 Å². The standard InChI is InChI=1S/C13H11Cl2N3/c14-10-2-1-3-11(15)9(10)4-13-17-6-8-5-16-7-12(8)18-13/h1-3,6,16H,4-5,7H2. The second kappa shape index (κ2) is 4.84. The Bertz CT molecular complexity index is 579. The van der Waals surface area contributed by atoms with E-state index in [0.717, 1.165) is 30.2 Å². The quantitative estimate of drug-likeness (QED) is 0.919. The van der Waals surface area contributed by atoms with Crippen LogP contribution in [0.3, 0.4) is 0 Å². The Morgan fingerprint density at radius 1 is 1.17 bits per heavy atom. The lowest BCUT2D eigenvalue weighted by atomic mass is 10.1. The van der Waals surface area contributed by atoms with Crippen molar-refractivity contribution in [3.63, 3.8) is 0 Å². The fourth-order valence-corrected chi connectivity index (χ4v) is 2.58. The second-order valence-corrected chi connectivity index (χ2v) is 5.05. The maximum absolute atomic E-state index is 6.14. The van der Waals surface area contributed by atoms with E-state index in [1.807, 2.05) is 24.4 Å². The van der Waals surface area contributed by atoms with Gasteiger partial charge in [0.2, 0.25) is 0 Å². The Hall–Kier alpha value is -1.16. The predicted octanol–water partition coefficient (Wildman–Crippen LogP) is 2.98. The van der Waals surface area contributed by atoms with Gasteiger partial charge in [0.05, 0.1) is 5.69 Å². The van der Waals surface area contributed by atoms with Gasteiger partial charge in [0.1, 0.15) is 5.82 Å². The number of hydrogen-bond donors (Lipinski definition) is 1. The largest absolute Gasteiger partial charge is 0.307 e. The van der Waals surface area contributed by atoms with Crippen LogP contribution in [-0.2, 0) is 19.5 Å². The molecule has 1 aliphatic rings. The number of hydrogen-bond acceptors (Lipinski definition) is 3. The Balaban J connectivity index is 1.93. The lowest BCUT2D eigenvalue weighted by Crippen LogP contribution is -2.02. The van der Waals surface area contributed by atoms with Crippen molar-refractivity contribution in [2.75, 3.05) is 0 Å². The molecule has 0 spiro atoms. The summed E-state index contributed by atoms with van der Waals surface area (Å²) in [4.78, 5) is 8.90. The molecular formula is C13H11Cl2N3. The smallest absolute Gasteiger partial charge is 0.133 e.